The van der Waals surface area contributed by atoms with Gasteiger partial charge in [0, 0.05) is 32.7 Å². The summed E-state index contributed by atoms with van der Waals surface area (Å²) in [7, 11) is -3.48. The summed E-state index contributed by atoms with van der Waals surface area (Å²) < 4.78 is 27.0. The molecule has 1 saturated heterocycles. The van der Waals surface area contributed by atoms with Crippen molar-refractivity contribution in [2.45, 2.75) is 44.0 Å². The van der Waals surface area contributed by atoms with E-state index in [2.05, 4.69) is 5.32 Å². The van der Waals surface area contributed by atoms with Crippen LogP contribution in [0.4, 0.5) is 0 Å². The molecule has 1 heterocycles. The zero-order valence-corrected chi connectivity index (χ0v) is 19.8. The highest BCUT2D eigenvalue weighted by atomic mass is 35.5. The summed E-state index contributed by atoms with van der Waals surface area (Å²) in [6, 6.07) is 6.90. The Morgan fingerprint density at radius 3 is 2.03 bits per heavy atom. The number of hydrogen-bond acceptors (Lipinski definition) is 5. The van der Waals surface area contributed by atoms with E-state index in [1.807, 2.05) is 25.7 Å². The molecule has 0 unspecified atom stereocenters. The standard InChI is InChI=1S/C19H32N4O3S.2ClH/c1-4-19(5-2,15-20)21-18(24)14-22-10-12-23(13-11-22)27(25,26)17-8-6-16(3)7-9-17;;/h6-9H,4-5,10-15,20H2,1-3H3,(H,21,24);2*1H. The van der Waals surface area contributed by atoms with Crippen LogP contribution in [0.25, 0.3) is 0 Å². The monoisotopic (exact) mass is 468 g/mol. The number of aryl methyl sites for hydroxylation is 1. The number of carbonyl (C=O) groups excluding carboxylic acids is 1. The van der Waals surface area contributed by atoms with E-state index in [4.69, 9.17) is 5.73 Å². The minimum atomic E-state index is -3.48. The van der Waals surface area contributed by atoms with Gasteiger partial charge in [0.15, 0.2) is 0 Å². The van der Waals surface area contributed by atoms with Gasteiger partial charge in [0.1, 0.15) is 0 Å². The SMILES string of the molecule is CCC(CC)(CN)NC(=O)CN1CCN(S(=O)(=O)c2ccc(C)cc2)CC1.Cl.Cl. The minimum absolute atomic E-state index is 0. The molecule has 10 heteroatoms. The van der Waals surface area contributed by atoms with Gasteiger partial charge in [-0.05, 0) is 31.9 Å². The van der Waals surface area contributed by atoms with Gasteiger partial charge in [-0.2, -0.15) is 4.31 Å². The lowest BCUT2D eigenvalue weighted by atomic mass is 9.93. The predicted octanol–water partition coefficient (Wildman–Crippen LogP) is 1.78. The maximum atomic E-state index is 12.7. The van der Waals surface area contributed by atoms with Crippen LogP contribution in [-0.2, 0) is 14.8 Å². The lowest BCUT2D eigenvalue weighted by molar-refractivity contribution is -0.124. The molecule has 0 radical (unpaired) electrons. The normalized spacial score (nSPS) is 15.9. The van der Waals surface area contributed by atoms with Crippen LogP contribution in [0.5, 0.6) is 0 Å². The van der Waals surface area contributed by atoms with E-state index in [1.165, 1.54) is 4.31 Å². The van der Waals surface area contributed by atoms with Crippen LogP contribution in [-0.4, -0.2) is 68.3 Å². The van der Waals surface area contributed by atoms with Gasteiger partial charge in [0.05, 0.1) is 17.0 Å². The Bertz CT molecular complexity index is 724. The number of nitrogens with two attached hydrogens (primary N) is 1. The summed E-state index contributed by atoms with van der Waals surface area (Å²) >= 11 is 0. The van der Waals surface area contributed by atoms with Crippen molar-refractivity contribution in [3.05, 3.63) is 29.8 Å². The number of carbonyl (C=O) groups is 1. The zero-order valence-electron chi connectivity index (χ0n) is 17.4. The molecule has 168 valence electrons. The average molecular weight is 469 g/mol. The molecule has 1 aromatic carbocycles. The third kappa shape index (κ3) is 7.08. The van der Waals surface area contributed by atoms with Gasteiger partial charge in [0.2, 0.25) is 15.9 Å². The molecule has 0 aromatic heterocycles. The molecule has 3 N–H and O–H groups in total. The Kier molecular flexibility index (Phi) is 11.7. The summed E-state index contributed by atoms with van der Waals surface area (Å²) in [6.07, 6.45) is 1.57. The van der Waals surface area contributed by atoms with Crippen LogP contribution >= 0.6 is 24.8 Å². The maximum Gasteiger partial charge on any atom is 0.243 e. The van der Waals surface area contributed by atoms with Gasteiger partial charge < -0.3 is 11.1 Å². The minimum Gasteiger partial charge on any atom is -0.348 e. The highest BCUT2D eigenvalue weighted by molar-refractivity contribution is 7.89. The fourth-order valence-electron chi connectivity index (χ4n) is 3.29. The molecule has 0 bridgehead atoms. The number of nitrogens with zero attached hydrogens (tertiary/aromatic N) is 2. The smallest absolute Gasteiger partial charge is 0.243 e. The third-order valence-electron chi connectivity index (χ3n) is 5.51. The molecule has 1 aliphatic heterocycles. The lowest BCUT2D eigenvalue weighted by Gasteiger charge is -2.35. The molecule has 1 amide bonds. The molecule has 29 heavy (non-hydrogen) atoms. The van der Waals surface area contributed by atoms with Crippen molar-refractivity contribution < 1.29 is 13.2 Å². The number of amides is 1. The van der Waals surface area contributed by atoms with Gasteiger partial charge in [-0.25, -0.2) is 8.42 Å². The molecule has 1 aromatic rings. The summed E-state index contributed by atoms with van der Waals surface area (Å²) in [5, 5.41) is 3.06. The summed E-state index contributed by atoms with van der Waals surface area (Å²) in [5.41, 5.74) is 6.51. The van der Waals surface area contributed by atoms with Gasteiger partial charge in [0.25, 0.3) is 0 Å². The van der Waals surface area contributed by atoms with Crippen molar-refractivity contribution in [3.63, 3.8) is 0 Å². The van der Waals surface area contributed by atoms with Crippen LogP contribution in [0.1, 0.15) is 32.3 Å². The van der Waals surface area contributed by atoms with E-state index in [9.17, 15) is 13.2 Å². The Hall–Kier alpha value is -0.900. The van der Waals surface area contributed by atoms with Crippen molar-refractivity contribution in [1.82, 2.24) is 14.5 Å². The number of rotatable bonds is 8. The summed E-state index contributed by atoms with van der Waals surface area (Å²) in [4.78, 5) is 14.7. The second-order valence-corrected chi connectivity index (χ2v) is 9.17. The first kappa shape index (κ1) is 28.1. The fourth-order valence-corrected chi connectivity index (χ4v) is 4.71. The summed E-state index contributed by atoms with van der Waals surface area (Å²) in [5.74, 6) is -0.0565. The fraction of sp³-hybridized carbons (Fsp3) is 0.632. The molecule has 0 aliphatic carbocycles. The molecule has 1 aliphatic rings. The van der Waals surface area contributed by atoms with Crippen molar-refractivity contribution in [2.24, 2.45) is 5.73 Å². The van der Waals surface area contributed by atoms with Crippen molar-refractivity contribution in [3.8, 4) is 0 Å². The zero-order chi connectivity index (χ0) is 20.1. The highest BCUT2D eigenvalue weighted by Gasteiger charge is 2.31. The Labute approximate surface area is 187 Å². The lowest BCUT2D eigenvalue weighted by Crippen LogP contribution is -2.57. The van der Waals surface area contributed by atoms with E-state index in [0.29, 0.717) is 37.6 Å². The first-order chi connectivity index (χ1) is 12.8. The average Bonchev–Trinajstić information content (AvgIpc) is 2.67. The van der Waals surface area contributed by atoms with Crippen LogP contribution in [0.2, 0.25) is 0 Å². The molecular formula is C19H34Cl2N4O3S. The Morgan fingerprint density at radius 2 is 1.59 bits per heavy atom. The van der Waals surface area contributed by atoms with Crippen molar-refractivity contribution in [2.75, 3.05) is 39.3 Å². The van der Waals surface area contributed by atoms with E-state index in [1.54, 1.807) is 24.3 Å². The van der Waals surface area contributed by atoms with Gasteiger partial charge in [-0.15, -0.1) is 24.8 Å². The second kappa shape index (κ2) is 12.1. The number of halogens is 2. The molecule has 0 saturated carbocycles. The maximum absolute atomic E-state index is 12.7. The molecular weight excluding hydrogens is 435 g/mol. The molecule has 7 nitrogen and oxygen atoms in total. The number of hydrogen-bond donors (Lipinski definition) is 2. The third-order valence-corrected chi connectivity index (χ3v) is 7.42. The van der Waals surface area contributed by atoms with Gasteiger partial charge in [-0.1, -0.05) is 31.5 Å². The molecule has 2 rings (SSSR count). The van der Waals surface area contributed by atoms with E-state index in [-0.39, 0.29) is 42.8 Å². The van der Waals surface area contributed by atoms with Crippen LogP contribution in [0.15, 0.2) is 29.2 Å². The van der Waals surface area contributed by atoms with E-state index >= 15 is 0 Å². The largest absolute Gasteiger partial charge is 0.348 e. The number of sulfonamides is 1. The first-order valence-corrected chi connectivity index (χ1v) is 11.0. The van der Waals surface area contributed by atoms with Gasteiger partial charge >= 0.3 is 0 Å². The van der Waals surface area contributed by atoms with Gasteiger partial charge in [-0.3, -0.25) is 9.69 Å². The quantitative estimate of drug-likeness (QED) is 0.605. The summed E-state index contributed by atoms with van der Waals surface area (Å²) in [6.45, 7) is 8.47. The number of benzene rings is 1. The number of nitrogens with one attached hydrogen (secondary N) is 1. The van der Waals surface area contributed by atoms with Crippen LogP contribution in [0, 0.1) is 6.92 Å². The van der Waals surface area contributed by atoms with Crippen molar-refractivity contribution >= 4 is 40.7 Å². The molecule has 1 fully saturated rings. The molecule has 0 atom stereocenters. The first-order valence-electron chi connectivity index (χ1n) is 9.56. The van der Waals surface area contributed by atoms with Crippen LogP contribution < -0.4 is 11.1 Å². The van der Waals surface area contributed by atoms with Crippen LogP contribution in [0.3, 0.4) is 0 Å². The topological polar surface area (TPSA) is 95.7 Å². The van der Waals surface area contributed by atoms with E-state index < -0.39 is 10.0 Å². The predicted molar refractivity (Wildman–Crippen MR) is 121 cm³/mol. The van der Waals surface area contributed by atoms with E-state index in [0.717, 1.165) is 18.4 Å². The Morgan fingerprint density at radius 1 is 1.07 bits per heavy atom. The molecule has 0 spiro atoms. The van der Waals surface area contributed by atoms with Crippen molar-refractivity contribution in [1.29, 1.82) is 0 Å². The Balaban J connectivity index is 0.00000392. The highest BCUT2D eigenvalue weighted by Crippen LogP contribution is 2.18. The second-order valence-electron chi connectivity index (χ2n) is 7.23. The number of piperazine rings is 1.